The topological polar surface area (TPSA) is 46.2 Å². The number of rotatable bonds is 5. The minimum atomic E-state index is -0.721. The van der Waals surface area contributed by atoms with Gasteiger partial charge in [0.25, 0.3) is 5.91 Å². The first-order valence-electron chi connectivity index (χ1n) is 7.76. The highest BCUT2D eigenvalue weighted by Crippen LogP contribution is 2.19. The number of Topliss-reactive ketones (excluding diaryl/α,β-unsaturated/α-hetero) is 1. The van der Waals surface area contributed by atoms with Crippen LogP contribution in [0, 0.1) is 0 Å². The Morgan fingerprint density at radius 1 is 0.625 bits per heavy atom. The molecule has 3 nitrogen and oxygen atoms in total. The monoisotopic (exact) mass is 315 g/mol. The number of ketones is 1. The largest absolute Gasteiger partial charge is 0.338 e. The Hall–Kier alpha value is -3.20. The van der Waals surface area contributed by atoms with E-state index in [2.05, 4.69) is 5.32 Å². The van der Waals surface area contributed by atoms with E-state index in [1.807, 2.05) is 54.6 Å². The smallest absolute Gasteiger partial charge is 0.252 e. The maximum absolute atomic E-state index is 12.9. The van der Waals surface area contributed by atoms with Crippen LogP contribution in [0.15, 0.2) is 91.0 Å². The van der Waals surface area contributed by atoms with Crippen LogP contribution >= 0.6 is 0 Å². The van der Waals surface area contributed by atoms with Gasteiger partial charge in [0.1, 0.15) is 6.04 Å². The Morgan fingerprint density at radius 3 is 1.62 bits per heavy atom. The van der Waals surface area contributed by atoms with Crippen LogP contribution < -0.4 is 5.32 Å². The van der Waals surface area contributed by atoms with E-state index in [1.165, 1.54) is 0 Å². The van der Waals surface area contributed by atoms with Gasteiger partial charge in [-0.05, 0) is 17.7 Å². The van der Waals surface area contributed by atoms with E-state index in [1.54, 1.807) is 36.4 Å². The molecule has 0 saturated heterocycles. The average Bonchev–Trinajstić information content (AvgIpc) is 2.67. The first kappa shape index (κ1) is 15.7. The van der Waals surface area contributed by atoms with Crippen molar-refractivity contribution in [1.82, 2.24) is 5.32 Å². The number of benzene rings is 3. The molecule has 0 unspecified atom stereocenters. The summed E-state index contributed by atoms with van der Waals surface area (Å²) in [4.78, 5) is 25.4. The molecule has 0 saturated carbocycles. The zero-order chi connectivity index (χ0) is 16.8. The average molecular weight is 315 g/mol. The molecule has 0 heterocycles. The van der Waals surface area contributed by atoms with Gasteiger partial charge in [0.05, 0.1) is 0 Å². The molecule has 0 aliphatic rings. The van der Waals surface area contributed by atoms with Crippen molar-refractivity contribution >= 4 is 11.7 Å². The Kier molecular flexibility index (Phi) is 4.82. The van der Waals surface area contributed by atoms with Gasteiger partial charge in [0, 0.05) is 11.1 Å². The quantitative estimate of drug-likeness (QED) is 0.722. The third-order valence-electron chi connectivity index (χ3n) is 3.76. The van der Waals surface area contributed by atoms with Gasteiger partial charge in [0.15, 0.2) is 5.78 Å². The highest BCUT2D eigenvalue weighted by molar-refractivity contribution is 6.04. The molecule has 24 heavy (non-hydrogen) atoms. The lowest BCUT2D eigenvalue weighted by Gasteiger charge is -2.18. The molecule has 0 radical (unpaired) electrons. The summed E-state index contributed by atoms with van der Waals surface area (Å²) in [5, 5.41) is 2.86. The summed E-state index contributed by atoms with van der Waals surface area (Å²) in [7, 11) is 0. The van der Waals surface area contributed by atoms with Crippen LogP contribution in [0.2, 0.25) is 0 Å². The lowest BCUT2D eigenvalue weighted by atomic mass is 9.97. The van der Waals surface area contributed by atoms with Crippen LogP contribution in [-0.4, -0.2) is 11.7 Å². The van der Waals surface area contributed by atoms with Gasteiger partial charge in [0.2, 0.25) is 0 Å². The number of amides is 1. The Labute approximate surface area is 141 Å². The highest BCUT2D eigenvalue weighted by Gasteiger charge is 2.24. The maximum atomic E-state index is 12.9. The first-order chi connectivity index (χ1) is 11.8. The van der Waals surface area contributed by atoms with E-state index in [-0.39, 0.29) is 11.7 Å². The predicted octanol–water partition coefficient (Wildman–Crippen LogP) is 4.04. The number of hydrogen-bond acceptors (Lipinski definition) is 2. The standard InChI is InChI=1S/C21H17NO2/c23-20(17-12-6-2-7-13-17)19(16-10-4-1-5-11-16)22-21(24)18-14-8-3-9-15-18/h1-15,19H,(H,22,24)/t19-/m0/s1. The van der Waals surface area contributed by atoms with Crippen LogP contribution in [-0.2, 0) is 0 Å². The van der Waals surface area contributed by atoms with Crippen molar-refractivity contribution < 1.29 is 9.59 Å². The highest BCUT2D eigenvalue weighted by atomic mass is 16.2. The molecule has 0 fully saturated rings. The molecule has 0 aromatic heterocycles. The SMILES string of the molecule is O=C(N[C@H](C(=O)c1ccccc1)c1ccccc1)c1ccccc1. The van der Waals surface area contributed by atoms with E-state index in [9.17, 15) is 9.59 Å². The molecule has 0 bridgehead atoms. The molecule has 0 aliphatic carbocycles. The van der Waals surface area contributed by atoms with Crippen molar-refractivity contribution in [2.75, 3.05) is 0 Å². The van der Waals surface area contributed by atoms with Crippen molar-refractivity contribution in [2.24, 2.45) is 0 Å². The van der Waals surface area contributed by atoms with Crippen molar-refractivity contribution in [1.29, 1.82) is 0 Å². The van der Waals surface area contributed by atoms with Crippen LogP contribution in [0.25, 0.3) is 0 Å². The van der Waals surface area contributed by atoms with Gasteiger partial charge >= 0.3 is 0 Å². The Bertz CT molecular complexity index is 814. The second-order valence-electron chi connectivity index (χ2n) is 5.41. The van der Waals surface area contributed by atoms with Crippen molar-refractivity contribution in [3.63, 3.8) is 0 Å². The van der Waals surface area contributed by atoms with Crippen LogP contribution in [0.4, 0.5) is 0 Å². The number of carbonyl (C=O) groups excluding carboxylic acids is 2. The minimum absolute atomic E-state index is 0.133. The zero-order valence-electron chi connectivity index (χ0n) is 13.1. The summed E-state index contributed by atoms with van der Waals surface area (Å²) >= 11 is 0. The summed E-state index contributed by atoms with van der Waals surface area (Å²) in [5.41, 5.74) is 1.86. The van der Waals surface area contributed by atoms with Gasteiger partial charge in [-0.15, -0.1) is 0 Å². The van der Waals surface area contributed by atoms with E-state index < -0.39 is 6.04 Å². The van der Waals surface area contributed by atoms with Crippen molar-refractivity contribution in [3.05, 3.63) is 108 Å². The molecule has 1 atom stereocenters. The molecule has 1 N–H and O–H groups in total. The van der Waals surface area contributed by atoms with Gasteiger partial charge in [-0.3, -0.25) is 9.59 Å². The molecular weight excluding hydrogens is 298 g/mol. The van der Waals surface area contributed by atoms with E-state index in [0.29, 0.717) is 11.1 Å². The molecule has 3 aromatic rings. The molecule has 0 spiro atoms. The van der Waals surface area contributed by atoms with Crippen LogP contribution in [0.5, 0.6) is 0 Å². The molecule has 3 aromatic carbocycles. The normalized spacial score (nSPS) is 11.5. The predicted molar refractivity (Wildman–Crippen MR) is 93.9 cm³/mol. The lowest BCUT2D eigenvalue weighted by Crippen LogP contribution is -2.34. The van der Waals surface area contributed by atoms with Gasteiger partial charge in [-0.25, -0.2) is 0 Å². The van der Waals surface area contributed by atoms with E-state index in [0.717, 1.165) is 5.56 Å². The van der Waals surface area contributed by atoms with Gasteiger partial charge in [-0.2, -0.15) is 0 Å². The molecular formula is C21H17NO2. The fraction of sp³-hybridized carbons (Fsp3) is 0.0476. The molecule has 118 valence electrons. The summed E-state index contributed by atoms with van der Waals surface area (Å²) < 4.78 is 0. The Balaban J connectivity index is 1.91. The molecule has 3 heteroatoms. The third-order valence-corrected chi connectivity index (χ3v) is 3.76. The molecule has 0 aliphatic heterocycles. The fourth-order valence-electron chi connectivity index (χ4n) is 2.52. The van der Waals surface area contributed by atoms with Crippen molar-refractivity contribution in [3.8, 4) is 0 Å². The number of nitrogens with one attached hydrogen (secondary N) is 1. The lowest BCUT2D eigenvalue weighted by molar-refractivity contribution is 0.0857. The van der Waals surface area contributed by atoms with Gasteiger partial charge < -0.3 is 5.32 Å². The minimum Gasteiger partial charge on any atom is -0.338 e. The second kappa shape index (κ2) is 7.38. The second-order valence-corrected chi connectivity index (χ2v) is 5.41. The van der Waals surface area contributed by atoms with E-state index >= 15 is 0 Å². The summed E-state index contributed by atoms with van der Waals surface area (Å²) in [6, 6.07) is 26.5. The molecule has 1 amide bonds. The fourth-order valence-corrected chi connectivity index (χ4v) is 2.52. The Morgan fingerprint density at radius 2 is 1.08 bits per heavy atom. The zero-order valence-corrected chi connectivity index (χ0v) is 13.1. The van der Waals surface area contributed by atoms with Gasteiger partial charge in [-0.1, -0.05) is 78.9 Å². The summed E-state index contributed by atoms with van der Waals surface area (Å²) in [6.07, 6.45) is 0. The summed E-state index contributed by atoms with van der Waals surface area (Å²) in [6.45, 7) is 0. The molecule has 3 rings (SSSR count). The summed E-state index contributed by atoms with van der Waals surface area (Å²) in [5.74, 6) is -0.403. The van der Waals surface area contributed by atoms with Crippen LogP contribution in [0.3, 0.4) is 0 Å². The third kappa shape index (κ3) is 3.58. The number of carbonyl (C=O) groups is 2. The maximum Gasteiger partial charge on any atom is 0.252 e. The van der Waals surface area contributed by atoms with Crippen molar-refractivity contribution in [2.45, 2.75) is 6.04 Å². The van der Waals surface area contributed by atoms with Crippen LogP contribution in [0.1, 0.15) is 32.3 Å². The number of hydrogen-bond donors (Lipinski definition) is 1. The van der Waals surface area contributed by atoms with E-state index in [4.69, 9.17) is 0 Å². The first-order valence-corrected chi connectivity index (χ1v) is 7.76.